The van der Waals surface area contributed by atoms with Crippen LogP contribution < -0.4 is 11.2 Å². The Morgan fingerprint density at radius 2 is 1.71 bits per heavy atom. The van der Waals surface area contributed by atoms with Gasteiger partial charge in [0.05, 0.1) is 11.4 Å². The highest BCUT2D eigenvalue weighted by Gasteiger charge is 2.32. The molecule has 0 spiro atoms. The highest BCUT2D eigenvalue weighted by atomic mass is 35.5. The van der Waals surface area contributed by atoms with E-state index in [0.29, 0.717) is 26.3 Å². The maximum absolute atomic E-state index is 12.1. The molecule has 1 N–H and O–H groups in total. The fourth-order valence-corrected chi connectivity index (χ4v) is 5.41. The molecule has 4 aromatic rings. The monoisotopic (exact) mass is 492 g/mol. The van der Waals surface area contributed by atoms with E-state index >= 15 is 0 Å². The van der Waals surface area contributed by atoms with Crippen LogP contribution in [-0.2, 0) is 5.41 Å². The lowest BCUT2D eigenvalue weighted by Gasteiger charge is -2.25. The number of aromatic amines is 1. The van der Waals surface area contributed by atoms with E-state index in [4.69, 9.17) is 39.8 Å². The molecule has 0 aliphatic heterocycles. The number of hydrogen-bond donors (Lipinski definition) is 1. The van der Waals surface area contributed by atoms with E-state index in [1.165, 1.54) is 11.3 Å². The predicted octanol–water partition coefficient (Wildman–Crippen LogP) is 5.33. The molecule has 4 rings (SSSR count). The Balaban J connectivity index is 1.78. The molecule has 2 aromatic heterocycles. The summed E-state index contributed by atoms with van der Waals surface area (Å²) in [5, 5.41) is 7.91. The van der Waals surface area contributed by atoms with Crippen LogP contribution in [-0.4, -0.2) is 19.7 Å². The summed E-state index contributed by atoms with van der Waals surface area (Å²) in [6.45, 7) is 3.94. The standard InChI is InChI=1S/C21H15Cl3N4O2S/c1-21(2,19-26-16(10-31-19)12-5-3-4-6-13(12)22)18-14(23)7-11(8-15(18)24)28-20(30)27-17(29)9-25-28/h3-10H,1-2H3,(H,27,29,30). The summed E-state index contributed by atoms with van der Waals surface area (Å²) in [6.07, 6.45) is 1.01. The molecule has 158 valence electrons. The first kappa shape index (κ1) is 21.8. The van der Waals surface area contributed by atoms with E-state index in [-0.39, 0.29) is 0 Å². The van der Waals surface area contributed by atoms with Crippen molar-refractivity contribution >= 4 is 46.1 Å². The number of H-pyrrole nitrogens is 1. The summed E-state index contributed by atoms with van der Waals surface area (Å²) in [5.74, 6) is 0. The van der Waals surface area contributed by atoms with Crippen LogP contribution in [0.5, 0.6) is 0 Å². The van der Waals surface area contributed by atoms with E-state index in [1.54, 1.807) is 12.1 Å². The van der Waals surface area contributed by atoms with Crippen molar-refractivity contribution in [2.75, 3.05) is 0 Å². The summed E-state index contributed by atoms with van der Waals surface area (Å²) < 4.78 is 1.02. The van der Waals surface area contributed by atoms with Gasteiger partial charge in [-0.25, -0.2) is 9.78 Å². The molecule has 0 saturated carbocycles. The summed E-state index contributed by atoms with van der Waals surface area (Å²) in [4.78, 5) is 30.3. The lowest BCUT2D eigenvalue weighted by Crippen LogP contribution is -2.30. The number of nitrogens with zero attached hydrogens (tertiary/aromatic N) is 3. The smallest absolute Gasteiger partial charge is 0.271 e. The van der Waals surface area contributed by atoms with E-state index in [9.17, 15) is 9.59 Å². The molecule has 10 heteroatoms. The number of aromatic nitrogens is 4. The molecule has 0 amide bonds. The van der Waals surface area contributed by atoms with Gasteiger partial charge in [-0.1, -0.05) is 53.0 Å². The van der Waals surface area contributed by atoms with Crippen molar-refractivity contribution in [2.45, 2.75) is 19.3 Å². The van der Waals surface area contributed by atoms with Gasteiger partial charge in [0.15, 0.2) is 0 Å². The summed E-state index contributed by atoms with van der Waals surface area (Å²) in [5.41, 5.74) is 0.722. The number of thiazole rings is 1. The Labute approximate surface area is 196 Å². The largest absolute Gasteiger partial charge is 0.349 e. The normalized spacial score (nSPS) is 11.6. The topological polar surface area (TPSA) is 80.6 Å². The second-order valence-corrected chi connectivity index (χ2v) is 9.36. The predicted molar refractivity (Wildman–Crippen MR) is 125 cm³/mol. The first-order valence-corrected chi connectivity index (χ1v) is 11.1. The maximum atomic E-state index is 12.1. The number of hydrogen-bond acceptors (Lipinski definition) is 5. The van der Waals surface area contributed by atoms with Crippen LogP contribution in [0.25, 0.3) is 16.9 Å². The van der Waals surface area contributed by atoms with Crippen LogP contribution >= 0.6 is 46.1 Å². The van der Waals surface area contributed by atoms with Crippen molar-refractivity contribution < 1.29 is 0 Å². The van der Waals surface area contributed by atoms with Crippen molar-refractivity contribution in [3.05, 3.63) is 94.5 Å². The average molecular weight is 494 g/mol. The second kappa shape index (κ2) is 8.24. The minimum Gasteiger partial charge on any atom is -0.271 e. The van der Waals surface area contributed by atoms with Crippen molar-refractivity contribution in [2.24, 2.45) is 0 Å². The first-order chi connectivity index (χ1) is 14.7. The van der Waals surface area contributed by atoms with Crippen LogP contribution in [0.2, 0.25) is 15.1 Å². The van der Waals surface area contributed by atoms with Gasteiger partial charge in [0, 0.05) is 37.0 Å². The molecular weight excluding hydrogens is 479 g/mol. The molecular formula is C21H15Cl3N4O2S. The van der Waals surface area contributed by atoms with Crippen molar-refractivity contribution in [3.63, 3.8) is 0 Å². The minimum absolute atomic E-state index is 0.340. The molecule has 0 bridgehead atoms. The average Bonchev–Trinajstić information content (AvgIpc) is 3.18. The van der Waals surface area contributed by atoms with E-state index in [1.807, 2.05) is 43.5 Å². The fourth-order valence-electron chi connectivity index (χ4n) is 3.28. The number of benzene rings is 2. The Morgan fingerprint density at radius 1 is 1.03 bits per heavy atom. The molecule has 0 radical (unpaired) electrons. The number of rotatable bonds is 4. The van der Waals surface area contributed by atoms with Gasteiger partial charge >= 0.3 is 5.69 Å². The maximum Gasteiger partial charge on any atom is 0.349 e. The van der Waals surface area contributed by atoms with Gasteiger partial charge in [0.1, 0.15) is 11.2 Å². The van der Waals surface area contributed by atoms with Crippen molar-refractivity contribution in [3.8, 4) is 16.9 Å². The van der Waals surface area contributed by atoms with E-state index in [2.05, 4.69) is 10.1 Å². The first-order valence-electron chi connectivity index (χ1n) is 9.08. The highest BCUT2D eigenvalue weighted by molar-refractivity contribution is 7.10. The molecule has 2 heterocycles. The Morgan fingerprint density at radius 3 is 2.35 bits per heavy atom. The highest BCUT2D eigenvalue weighted by Crippen LogP contribution is 2.43. The van der Waals surface area contributed by atoms with E-state index < -0.39 is 16.7 Å². The van der Waals surface area contributed by atoms with Crippen LogP contribution in [0.4, 0.5) is 0 Å². The van der Waals surface area contributed by atoms with Crippen LogP contribution in [0, 0.1) is 0 Å². The molecule has 0 aliphatic rings. The molecule has 2 aromatic carbocycles. The third-order valence-electron chi connectivity index (χ3n) is 4.80. The third-order valence-corrected chi connectivity index (χ3v) is 6.89. The molecule has 0 fully saturated rings. The molecule has 31 heavy (non-hydrogen) atoms. The lowest BCUT2D eigenvalue weighted by molar-refractivity contribution is 0.635. The zero-order valence-electron chi connectivity index (χ0n) is 16.3. The Kier molecular flexibility index (Phi) is 5.79. The Bertz CT molecular complexity index is 1380. The van der Waals surface area contributed by atoms with Gasteiger partial charge in [0.25, 0.3) is 5.56 Å². The number of nitrogens with one attached hydrogen (secondary N) is 1. The lowest BCUT2D eigenvalue weighted by atomic mass is 9.85. The molecule has 0 aliphatic carbocycles. The van der Waals surface area contributed by atoms with Crippen LogP contribution in [0.1, 0.15) is 24.4 Å². The summed E-state index contributed by atoms with van der Waals surface area (Å²) in [6, 6.07) is 10.7. The molecule has 0 atom stereocenters. The zero-order valence-corrected chi connectivity index (χ0v) is 19.4. The SMILES string of the molecule is CC(C)(c1nc(-c2ccccc2Cl)cs1)c1c(Cl)cc(-n2ncc(=O)[nH]c2=O)cc1Cl. The van der Waals surface area contributed by atoms with Gasteiger partial charge in [-0.2, -0.15) is 9.78 Å². The number of halogens is 3. The van der Waals surface area contributed by atoms with Gasteiger partial charge in [0.2, 0.25) is 0 Å². The van der Waals surface area contributed by atoms with Gasteiger partial charge in [-0.3, -0.25) is 9.78 Å². The van der Waals surface area contributed by atoms with Crippen LogP contribution in [0.15, 0.2) is 57.6 Å². The second-order valence-electron chi connectivity index (χ2n) is 7.28. The van der Waals surface area contributed by atoms with Crippen molar-refractivity contribution in [1.82, 2.24) is 19.7 Å². The third kappa shape index (κ3) is 4.06. The molecule has 0 saturated heterocycles. The summed E-state index contributed by atoms with van der Waals surface area (Å²) >= 11 is 21.0. The van der Waals surface area contributed by atoms with Crippen LogP contribution in [0.3, 0.4) is 0 Å². The zero-order chi connectivity index (χ0) is 22.3. The Hall–Kier alpha value is -2.45. The van der Waals surface area contributed by atoms with Gasteiger partial charge in [-0.15, -0.1) is 11.3 Å². The van der Waals surface area contributed by atoms with E-state index in [0.717, 1.165) is 27.1 Å². The van der Waals surface area contributed by atoms with Gasteiger partial charge < -0.3 is 0 Å². The molecule has 0 unspecified atom stereocenters. The van der Waals surface area contributed by atoms with Crippen molar-refractivity contribution in [1.29, 1.82) is 0 Å². The summed E-state index contributed by atoms with van der Waals surface area (Å²) in [7, 11) is 0. The molecule has 6 nitrogen and oxygen atoms in total. The fraction of sp³-hybridized carbons (Fsp3) is 0.143. The quantitative estimate of drug-likeness (QED) is 0.417. The minimum atomic E-state index is -0.684. The van der Waals surface area contributed by atoms with Gasteiger partial charge in [-0.05, 0) is 32.0 Å².